The fourth-order valence-corrected chi connectivity index (χ4v) is 7.36. The SMILES string of the molecule is CCCCC/C=C\C/C=C\CCCCCCCCOC(COCCCCCCCC/C=C\CC(C)CCCCC)CSSCNC(=N)N. The van der Waals surface area contributed by atoms with Crippen LogP contribution in [0, 0.1) is 11.3 Å². The van der Waals surface area contributed by atoms with Crippen LogP contribution >= 0.6 is 21.6 Å². The number of allylic oxidation sites excluding steroid dienone is 6. The van der Waals surface area contributed by atoms with Crippen molar-refractivity contribution in [2.75, 3.05) is 31.5 Å². The van der Waals surface area contributed by atoms with Crippen molar-refractivity contribution in [3.8, 4) is 0 Å². The van der Waals surface area contributed by atoms with Gasteiger partial charge < -0.3 is 20.5 Å². The highest BCUT2D eigenvalue weighted by Crippen LogP contribution is 2.22. The number of guanidine groups is 1. The molecule has 7 heteroatoms. The number of ether oxygens (including phenoxy) is 2. The summed E-state index contributed by atoms with van der Waals surface area (Å²) in [5.74, 6) is 2.38. The van der Waals surface area contributed by atoms with Crippen LogP contribution in [0.1, 0.15) is 175 Å². The zero-order valence-corrected chi connectivity index (χ0v) is 33.5. The van der Waals surface area contributed by atoms with E-state index in [4.69, 9.17) is 20.6 Å². The van der Waals surface area contributed by atoms with Crippen LogP contribution in [0.3, 0.4) is 0 Å². The Morgan fingerprint density at radius 2 is 1.21 bits per heavy atom. The third kappa shape index (κ3) is 39.5. The summed E-state index contributed by atoms with van der Waals surface area (Å²) in [6.45, 7) is 9.24. The molecule has 0 radical (unpaired) electrons. The molecule has 2 unspecified atom stereocenters. The third-order valence-corrected chi connectivity index (χ3v) is 10.8. The van der Waals surface area contributed by atoms with Crippen LogP contribution in [0.2, 0.25) is 0 Å². The second-order valence-corrected chi connectivity index (χ2v) is 16.0. The molecule has 48 heavy (non-hydrogen) atoms. The second-order valence-electron chi connectivity index (χ2n) is 13.5. The lowest BCUT2D eigenvalue weighted by atomic mass is 9.99. The Labute approximate surface area is 307 Å². The molecular formula is C41H79N3O2S2. The number of hydrogen-bond acceptors (Lipinski definition) is 5. The second kappa shape index (κ2) is 40.5. The molecule has 282 valence electrons. The summed E-state index contributed by atoms with van der Waals surface area (Å²) in [6, 6.07) is 0. The first-order valence-corrected chi connectivity index (χ1v) is 22.6. The molecule has 0 aliphatic carbocycles. The summed E-state index contributed by atoms with van der Waals surface area (Å²) in [6.07, 6.45) is 45.1. The molecule has 5 nitrogen and oxygen atoms in total. The van der Waals surface area contributed by atoms with Crippen molar-refractivity contribution < 1.29 is 9.47 Å². The average molecular weight is 710 g/mol. The minimum absolute atomic E-state index is 0.0200. The number of rotatable bonds is 38. The van der Waals surface area contributed by atoms with Crippen molar-refractivity contribution in [2.24, 2.45) is 11.7 Å². The van der Waals surface area contributed by atoms with E-state index in [9.17, 15) is 0 Å². The molecule has 4 N–H and O–H groups in total. The summed E-state index contributed by atoms with van der Waals surface area (Å²) < 4.78 is 12.3. The summed E-state index contributed by atoms with van der Waals surface area (Å²) in [7, 11) is 3.44. The Balaban J connectivity index is 3.86. The van der Waals surface area contributed by atoms with Gasteiger partial charge in [0, 0.05) is 19.0 Å². The van der Waals surface area contributed by atoms with Gasteiger partial charge in [-0.2, -0.15) is 0 Å². The molecule has 2 atom stereocenters. The minimum atomic E-state index is 0.0200. The van der Waals surface area contributed by atoms with Gasteiger partial charge in [0.15, 0.2) is 5.96 Å². The van der Waals surface area contributed by atoms with Crippen molar-refractivity contribution >= 4 is 27.5 Å². The van der Waals surface area contributed by atoms with Crippen LogP contribution in [0.25, 0.3) is 0 Å². The van der Waals surface area contributed by atoms with Crippen molar-refractivity contribution in [1.29, 1.82) is 5.41 Å². The molecule has 0 aromatic rings. The maximum absolute atomic E-state index is 7.30. The van der Waals surface area contributed by atoms with Gasteiger partial charge in [0.05, 0.1) is 18.6 Å². The molecule has 0 bridgehead atoms. The number of unbranched alkanes of at least 4 members (excludes halogenated alkanes) is 17. The zero-order valence-electron chi connectivity index (χ0n) is 31.8. The van der Waals surface area contributed by atoms with E-state index < -0.39 is 0 Å². The van der Waals surface area contributed by atoms with Crippen molar-refractivity contribution in [3.05, 3.63) is 36.5 Å². The molecular weight excluding hydrogens is 631 g/mol. The van der Waals surface area contributed by atoms with Crippen LogP contribution < -0.4 is 11.1 Å². The Morgan fingerprint density at radius 1 is 0.667 bits per heavy atom. The summed E-state index contributed by atoms with van der Waals surface area (Å²) in [5, 5.41) is 10.2. The topological polar surface area (TPSA) is 80.4 Å². The largest absolute Gasteiger partial charge is 0.379 e. The third-order valence-electron chi connectivity index (χ3n) is 8.58. The van der Waals surface area contributed by atoms with E-state index in [1.807, 2.05) is 0 Å². The summed E-state index contributed by atoms with van der Waals surface area (Å²) >= 11 is 0. The van der Waals surface area contributed by atoms with Gasteiger partial charge in [-0.1, -0.05) is 169 Å². The first-order valence-electron chi connectivity index (χ1n) is 20.1. The first-order chi connectivity index (χ1) is 23.6. The van der Waals surface area contributed by atoms with Gasteiger partial charge in [-0.3, -0.25) is 5.41 Å². The molecule has 0 aromatic carbocycles. The van der Waals surface area contributed by atoms with E-state index in [2.05, 4.69) is 62.5 Å². The normalized spacial score (nSPS) is 13.3. The smallest absolute Gasteiger partial charge is 0.186 e. The quantitative estimate of drug-likeness (QED) is 0.0148. The Hall–Kier alpha value is -0.890. The fourth-order valence-electron chi connectivity index (χ4n) is 5.45. The highest BCUT2D eigenvalue weighted by atomic mass is 33.1. The molecule has 0 aromatic heterocycles. The average Bonchev–Trinajstić information content (AvgIpc) is 3.07. The van der Waals surface area contributed by atoms with Crippen molar-refractivity contribution in [2.45, 2.75) is 181 Å². The highest BCUT2D eigenvalue weighted by molar-refractivity contribution is 8.76. The number of nitrogens with one attached hydrogen (secondary N) is 2. The van der Waals surface area contributed by atoms with Gasteiger partial charge in [0.1, 0.15) is 0 Å². The summed E-state index contributed by atoms with van der Waals surface area (Å²) in [4.78, 5) is 0. The van der Waals surface area contributed by atoms with Gasteiger partial charge in [-0.05, 0) is 70.1 Å². The number of nitrogens with two attached hydrogens (primary N) is 1. The molecule has 0 fully saturated rings. The van der Waals surface area contributed by atoms with Crippen LogP contribution in [0.4, 0.5) is 0 Å². The van der Waals surface area contributed by atoms with Crippen molar-refractivity contribution in [1.82, 2.24) is 5.32 Å². The molecule has 0 rings (SSSR count). The first kappa shape index (κ1) is 47.1. The predicted octanol–water partition coefficient (Wildman–Crippen LogP) is 12.9. The maximum atomic E-state index is 7.30. The summed E-state index contributed by atoms with van der Waals surface area (Å²) in [5.41, 5.74) is 5.39. The van der Waals surface area contributed by atoms with E-state index in [1.54, 1.807) is 21.6 Å². The fraction of sp³-hybridized carbons (Fsp3) is 0.829. The molecule has 0 saturated heterocycles. The van der Waals surface area contributed by atoms with E-state index in [1.165, 1.54) is 135 Å². The number of hydrogen-bond donors (Lipinski definition) is 3. The van der Waals surface area contributed by atoms with E-state index in [0.717, 1.165) is 44.1 Å². The Kier molecular flexibility index (Phi) is 39.8. The predicted molar refractivity (Wildman–Crippen MR) is 219 cm³/mol. The standard InChI is InChI=1S/C41H79N3O2S2/c1-4-6-8-9-10-11-12-13-14-15-16-17-21-24-27-31-35-46-40(37-47-48-38-44-41(42)43)36-45-34-30-26-23-20-18-19-22-25-29-33-39(3)32-28-7-5-2/h10-11,13-14,25,29,39-40H,4-9,12,15-24,26-28,30-38H2,1-3H3,(H4,42,43,44)/b11-10-,14-13-,29-25-. The highest BCUT2D eigenvalue weighted by Gasteiger charge is 2.10. The Morgan fingerprint density at radius 3 is 1.83 bits per heavy atom. The molecule has 0 saturated carbocycles. The van der Waals surface area contributed by atoms with E-state index in [0.29, 0.717) is 12.5 Å². The van der Waals surface area contributed by atoms with Crippen LogP contribution in [0.5, 0.6) is 0 Å². The van der Waals surface area contributed by atoms with Crippen LogP contribution in [0.15, 0.2) is 36.5 Å². The molecule has 0 spiro atoms. The molecule has 0 amide bonds. The van der Waals surface area contributed by atoms with Crippen LogP contribution in [-0.2, 0) is 9.47 Å². The lowest BCUT2D eigenvalue weighted by Crippen LogP contribution is -2.29. The maximum Gasteiger partial charge on any atom is 0.186 e. The molecule has 0 aliphatic heterocycles. The Bertz CT molecular complexity index is 747. The van der Waals surface area contributed by atoms with E-state index >= 15 is 0 Å². The van der Waals surface area contributed by atoms with Gasteiger partial charge >= 0.3 is 0 Å². The van der Waals surface area contributed by atoms with Gasteiger partial charge in [0.2, 0.25) is 0 Å². The molecule has 0 heterocycles. The van der Waals surface area contributed by atoms with Gasteiger partial charge in [-0.15, -0.1) is 0 Å². The van der Waals surface area contributed by atoms with Crippen LogP contribution in [-0.4, -0.2) is 43.5 Å². The van der Waals surface area contributed by atoms with E-state index in [-0.39, 0.29) is 12.1 Å². The lowest BCUT2D eigenvalue weighted by molar-refractivity contribution is -0.00609. The van der Waals surface area contributed by atoms with Crippen molar-refractivity contribution in [3.63, 3.8) is 0 Å². The monoisotopic (exact) mass is 710 g/mol. The zero-order chi connectivity index (χ0) is 35.0. The minimum Gasteiger partial charge on any atom is -0.379 e. The lowest BCUT2D eigenvalue weighted by Gasteiger charge is -2.18. The van der Waals surface area contributed by atoms with Gasteiger partial charge in [0.25, 0.3) is 0 Å². The van der Waals surface area contributed by atoms with Gasteiger partial charge in [-0.25, -0.2) is 0 Å². The molecule has 0 aliphatic rings.